The average Bonchev–Trinajstić information content (AvgIpc) is 2.42. The summed E-state index contributed by atoms with van der Waals surface area (Å²) in [5, 5.41) is 0. The van der Waals surface area contributed by atoms with Gasteiger partial charge in [-0.3, -0.25) is 9.98 Å². The minimum absolute atomic E-state index is 0.346. The highest BCUT2D eigenvalue weighted by Crippen LogP contribution is 2.19. The Bertz CT molecular complexity index is 380. The van der Waals surface area contributed by atoms with Crippen molar-refractivity contribution < 1.29 is 0 Å². The highest BCUT2D eigenvalue weighted by molar-refractivity contribution is 5.76. The van der Waals surface area contributed by atoms with Gasteiger partial charge < -0.3 is 0 Å². The molecule has 0 N–H and O–H groups in total. The van der Waals surface area contributed by atoms with Crippen LogP contribution in [0.25, 0.3) is 0 Å². The zero-order valence-corrected chi connectivity index (χ0v) is 10.6. The van der Waals surface area contributed by atoms with Crippen LogP contribution in [0, 0.1) is 0 Å². The Balaban J connectivity index is 2.84. The summed E-state index contributed by atoms with van der Waals surface area (Å²) in [6.07, 6.45) is 10.8. The zero-order valence-electron chi connectivity index (χ0n) is 10.6. The molecule has 86 valence electrons. The molecule has 1 heterocycles. The predicted octanol–water partition coefficient (Wildman–Crippen LogP) is 3.72. The molecule has 0 saturated heterocycles. The van der Waals surface area contributed by atoms with E-state index in [2.05, 4.69) is 43.8 Å². The number of aliphatic imine (C=N–C) groups is 2. The molecule has 2 heteroatoms. The van der Waals surface area contributed by atoms with E-state index in [-0.39, 0.29) is 0 Å². The van der Waals surface area contributed by atoms with Crippen LogP contribution in [0.4, 0.5) is 0 Å². The summed E-state index contributed by atoms with van der Waals surface area (Å²) in [5.41, 5.74) is 3.55. The lowest BCUT2D eigenvalue weighted by molar-refractivity contribution is 0.841. The topological polar surface area (TPSA) is 24.7 Å². The van der Waals surface area contributed by atoms with Crippen LogP contribution in [-0.4, -0.2) is 18.5 Å². The molecule has 1 rings (SSSR count). The molecule has 0 aliphatic carbocycles. The van der Waals surface area contributed by atoms with Crippen molar-refractivity contribution in [2.24, 2.45) is 9.98 Å². The quantitative estimate of drug-likeness (QED) is 0.642. The van der Waals surface area contributed by atoms with Gasteiger partial charge in [-0.25, -0.2) is 0 Å². The Morgan fingerprint density at radius 3 is 2.94 bits per heavy atom. The van der Waals surface area contributed by atoms with E-state index in [1.165, 1.54) is 11.1 Å². The van der Waals surface area contributed by atoms with E-state index in [1.807, 2.05) is 24.6 Å². The van der Waals surface area contributed by atoms with E-state index >= 15 is 0 Å². The van der Waals surface area contributed by atoms with Crippen LogP contribution in [0.15, 0.2) is 45.1 Å². The van der Waals surface area contributed by atoms with Gasteiger partial charge in [0.25, 0.3) is 0 Å². The predicted molar refractivity (Wildman–Crippen MR) is 72.3 cm³/mol. The molecule has 1 aliphatic rings. The van der Waals surface area contributed by atoms with E-state index in [1.54, 1.807) is 0 Å². The van der Waals surface area contributed by atoms with Gasteiger partial charge in [-0.2, -0.15) is 0 Å². The molecule has 2 nitrogen and oxygen atoms in total. The first-order valence-electron chi connectivity index (χ1n) is 5.70. The minimum Gasteiger partial charge on any atom is -0.290 e. The summed E-state index contributed by atoms with van der Waals surface area (Å²) < 4.78 is 0. The molecule has 0 bridgehead atoms. The summed E-state index contributed by atoms with van der Waals surface area (Å²) in [6.45, 7) is 8.34. The molecule has 0 aromatic carbocycles. The van der Waals surface area contributed by atoms with Gasteiger partial charge >= 0.3 is 0 Å². The van der Waals surface area contributed by atoms with Crippen LogP contribution in [0.5, 0.6) is 0 Å². The van der Waals surface area contributed by atoms with Gasteiger partial charge in [-0.1, -0.05) is 6.08 Å². The summed E-state index contributed by atoms with van der Waals surface area (Å²) in [7, 11) is 0. The Labute approximate surface area is 98.2 Å². The van der Waals surface area contributed by atoms with Crippen LogP contribution in [-0.2, 0) is 0 Å². The third-order valence-corrected chi connectivity index (χ3v) is 2.34. The minimum atomic E-state index is 0.346. The molecule has 1 aliphatic heterocycles. The lowest BCUT2D eigenvalue weighted by Crippen LogP contribution is -1.90. The molecule has 0 unspecified atom stereocenters. The lowest BCUT2D eigenvalue weighted by Gasteiger charge is -2.04. The van der Waals surface area contributed by atoms with Crippen molar-refractivity contribution in [3.05, 3.63) is 35.1 Å². The van der Waals surface area contributed by atoms with Gasteiger partial charge in [0.05, 0.1) is 5.70 Å². The van der Waals surface area contributed by atoms with Crippen LogP contribution in [0.2, 0.25) is 0 Å². The van der Waals surface area contributed by atoms with E-state index < -0.39 is 0 Å². The molecular formula is C14H20N2. The Kier molecular flexibility index (Phi) is 4.90. The number of hydrogen-bond donors (Lipinski definition) is 0. The molecule has 0 amide bonds. The molecule has 0 atom stereocenters. The second-order valence-corrected chi connectivity index (χ2v) is 4.28. The highest BCUT2D eigenvalue weighted by Gasteiger charge is 2.03. The van der Waals surface area contributed by atoms with Crippen molar-refractivity contribution in [1.29, 1.82) is 0 Å². The van der Waals surface area contributed by atoms with Gasteiger partial charge in [0, 0.05) is 18.5 Å². The van der Waals surface area contributed by atoms with Gasteiger partial charge in [-0.15, -0.1) is 0 Å². The molecule has 0 fully saturated rings. The normalized spacial score (nSPS) is 17.7. The van der Waals surface area contributed by atoms with E-state index in [4.69, 9.17) is 0 Å². The van der Waals surface area contributed by atoms with Gasteiger partial charge in [-0.05, 0) is 57.4 Å². The van der Waals surface area contributed by atoms with E-state index in [0.29, 0.717) is 6.04 Å². The monoisotopic (exact) mass is 216 g/mol. The fourth-order valence-corrected chi connectivity index (χ4v) is 1.47. The first kappa shape index (κ1) is 12.6. The average molecular weight is 216 g/mol. The molecule has 0 spiro atoms. The van der Waals surface area contributed by atoms with Crippen LogP contribution in [0.3, 0.4) is 0 Å². The number of allylic oxidation sites excluding steroid dienone is 5. The van der Waals surface area contributed by atoms with Crippen LogP contribution in [0.1, 0.15) is 34.1 Å². The second-order valence-electron chi connectivity index (χ2n) is 4.28. The summed E-state index contributed by atoms with van der Waals surface area (Å²) in [5.74, 6) is 0. The number of rotatable bonds is 3. The maximum absolute atomic E-state index is 4.44. The Morgan fingerprint density at radius 1 is 1.50 bits per heavy atom. The van der Waals surface area contributed by atoms with Crippen molar-refractivity contribution in [2.75, 3.05) is 0 Å². The Morgan fingerprint density at radius 2 is 2.25 bits per heavy atom. The van der Waals surface area contributed by atoms with Gasteiger partial charge in [0.1, 0.15) is 0 Å². The standard InChI is InChI=1S/C14H20N2/c1-11(2)15-10-8-13(4)14-12(3)7-5-6-9-16-14/h5-6,8-11H,7H2,1-4H3/b13-8+,15-10?. The summed E-state index contributed by atoms with van der Waals surface area (Å²) in [4.78, 5) is 8.76. The van der Waals surface area contributed by atoms with Crippen LogP contribution >= 0.6 is 0 Å². The number of nitrogens with zero attached hydrogens (tertiary/aromatic N) is 2. The SMILES string of the molecule is CC1=C(/C(C)=C/C=NC(C)C)N=CC=CC1. The van der Waals surface area contributed by atoms with Gasteiger partial charge in [0.15, 0.2) is 0 Å². The summed E-state index contributed by atoms with van der Waals surface area (Å²) in [6, 6.07) is 0.346. The lowest BCUT2D eigenvalue weighted by atomic mass is 10.1. The fraction of sp³-hybridized carbons (Fsp3) is 0.429. The van der Waals surface area contributed by atoms with E-state index in [9.17, 15) is 0 Å². The third kappa shape index (κ3) is 3.97. The maximum atomic E-state index is 4.44. The second kappa shape index (κ2) is 6.21. The zero-order chi connectivity index (χ0) is 12.0. The molecule has 0 radical (unpaired) electrons. The van der Waals surface area contributed by atoms with Crippen molar-refractivity contribution in [2.45, 2.75) is 40.2 Å². The molecule has 16 heavy (non-hydrogen) atoms. The maximum Gasteiger partial charge on any atom is 0.0651 e. The molecule has 0 saturated carbocycles. The third-order valence-electron chi connectivity index (χ3n) is 2.34. The molecule has 0 aromatic rings. The van der Waals surface area contributed by atoms with Crippen molar-refractivity contribution in [3.8, 4) is 0 Å². The largest absolute Gasteiger partial charge is 0.290 e. The van der Waals surface area contributed by atoms with Crippen molar-refractivity contribution >= 4 is 12.4 Å². The molecular weight excluding hydrogens is 196 g/mol. The van der Waals surface area contributed by atoms with Crippen molar-refractivity contribution in [3.63, 3.8) is 0 Å². The summed E-state index contributed by atoms with van der Waals surface area (Å²) >= 11 is 0. The van der Waals surface area contributed by atoms with Crippen molar-refractivity contribution in [1.82, 2.24) is 0 Å². The van der Waals surface area contributed by atoms with Crippen LogP contribution < -0.4 is 0 Å². The smallest absolute Gasteiger partial charge is 0.0651 e. The Hall–Kier alpha value is -1.44. The first-order chi connectivity index (χ1) is 7.61. The van der Waals surface area contributed by atoms with Gasteiger partial charge in [0.2, 0.25) is 0 Å². The molecule has 0 aromatic heterocycles. The highest BCUT2D eigenvalue weighted by atomic mass is 14.7. The van der Waals surface area contributed by atoms with E-state index in [0.717, 1.165) is 12.1 Å². The fourth-order valence-electron chi connectivity index (χ4n) is 1.47. The first-order valence-corrected chi connectivity index (χ1v) is 5.70. The number of hydrogen-bond acceptors (Lipinski definition) is 2.